The second kappa shape index (κ2) is 9.77. The van der Waals surface area contributed by atoms with Crippen LogP contribution in [0, 0.1) is 5.92 Å². The molecule has 0 unspecified atom stereocenters. The molecular formula is C30H37N3O4. The molecule has 0 radical (unpaired) electrons. The van der Waals surface area contributed by atoms with Gasteiger partial charge in [-0.05, 0) is 55.5 Å². The van der Waals surface area contributed by atoms with E-state index < -0.39 is 5.54 Å². The fraction of sp³-hybridized carbons (Fsp3) is 0.467. The predicted molar refractivity (Wildman–Crippen MR) is 144 cm³/mol. The summed E-state index contributed by atoms with van der Waals surface area (Å²) in [7, 11) is 0. The van der Waals surface area contributed by atoms with Gasteiger partial charge in [-0.1, -0.05) is 45.0 Å². The van der Waals surface area contributed by atoms with Crippen LogP contribution >= 0.6 is 0 Å². The maximum atomic E-state index is 14.0. The highest BCUT2D eigenvalue weighted by Gasteiger charge is 2.56. The van der Waals surface area contributed by atoms with E-state index in [0.717, 1.165) is 39.9 Å². The zero-order valence-corrected chi connectivity index (χ0v) is 22.5. The van der Waals surface area contributed by atoms with Crippen molar-refractivity contribution < 1.29 is 19.1 Å². The molecule has 1 N–H and O–H groups in total. The van der Waals surface area contributed by atoms with Gasteiger partial charge in [-0.2, -0.15) is 0 Å². The van der Waals surface area contributed by atoms with Crippen molar-refractivity contribution in [3.63, 3.8) is 0 Å². The second-order valence-corrected chi connectivity index (χ2v) is 10.7. The van der Waals surface area contributed by atoms with Crippen LogP contribution in [0.5, 0.6) is 11.5 Å². The van der Waals surface area contributed by atoms with E-state index in [0.29, 0.717) is 32.1 Å². The third kappa shape index (κ3) is 4.14. The van der Waals surface area contributed by atoms with Crippen LogP contribution in [0.15, 0.2) is 42.5 Å². The second-order valence-electron chi connectivity index (χ2n) is 10.7. The van der Waals surface area contributed by atoms with Crippen molar-refractivity contribution in [2.24, 2.45) is 5.92 Å². The van der Waals surface area contributed by atoms with E-state index in [2.05, 4.69) is 37.9 Å². The smallest absolute Gasteiger partial charge is 0.254 e. The molecule has 0 aliphatic carbocycles. The van der Waals surface area contributed by atoms with Gasteiger partial charge in [0, 0.05) is 29.9 Å². The number of rotatable bonds is 8. The number of aromatic amines is 1. The number of nitrogens with zero attached hydrogens (tertiary/aromatic N) is 2. The fourth-order valence-electron chi connectivity index (χ4n) is 5.90. The first kappa shape index (κ1) is 25.2. The lowest BCUT2D eigenvalue weighted by molar-refractivity contribution is -0.166. The molecule has 1 aromatic heterocycles. The number of amides is 2. The summed E-state index contributed by atoms with van der Waals surface area (Å²) in [4.78, 5) is 34.7. The number of aromatic nitrogens is 1. The molecule has 5 rings (SSSR count). The van der Waals surface area contributed by atoms with Crippen LogP contribution in [-0.4, -0.2) is 59.4 Å². The molecule has 1 fully saturated rings. The van der Waals surface area contributed by atoms with Crippen molar-refractivity contribution in [2.75, 3.05) is 32.8 Å². The number of benzene rings is 2. The first-order chi connectivity index (χ1) is 17.8. The minimum atomic E-state index is -1.08. The van der Waals surface area contributed by atoms with Crippen molar-refractivity contribution in [1.29, 1.82) is 0 Å². The van der Waals surface area contributed by atoms with E-state index in [4.69, 9.17) is 9.47 Å². The van der Waals surface area contributed by atoms with E-state index in [9.17, 15) is 9.59 Å². The molecule has 0 spiro atoms. The first-order valence-corrected chi connectivity index (χ1v) is 13.4. The van der Waals surface area contributed by atoms with Crippen LogP contribution in [0.4, 0.5) is 0 Å². The van der Waals surface area contributed by atoms with Crippen molar-refractivity contribution >= 4 is 22.7 Å². The lowest BCUT2D eigenvalue weighted by Gasteiger charge is -2.51. The molecule has 7 heteroatoms. The van der Waals surface area contributed by atoms with Crippen molar-refractivity contribution in [1.82, 2.24) is 14.8 Å². The summed E-state index contributed by atoms with van der Waals surface area (Å²) in [6, 6.07) is 14.2. The summed E-state index contributed by atoms with van der Waals surface area (Å²) in [6.07, 6.45) is 0.909. The van der Waals surface area contributed by atoms with Gasteiger partial charge in [-0.15, -0.1) is 0 Å². The highest BCUT2D eigenvalue weighted by molar-refractivity contribution is 6.01. The van der Waals surface area contributed by atoms with Crippen molar-refractivity contribution in [2.45, 2.75) is 52.5 Å². The Morgan fingerprint density at radius 3 is 2.59 bits per heavy atom. The molecule has 2 aliphatic rings. The van der Waals surface area contributed by atoms with E-state index in [-0.39, 0.29) is 30.2 Å². The molecule has 1 saturated heterocycles. The molecule has 2 atom stereocenters. The first-order valence-electron chi connectivity index (χ1n) is 13.4. The molecule has 7 nitrogen and oxygen atoms in total. The quantitative estimate of drug-likeness (QED) is 0.467. The third-order valence-corrected chi connectivity index (χ3v) is 7.53. The van der Waals surface area contributed by atoms with Gasteiger partial charge < -0.3 is 24.3 Å². The van der Waals surface area contributed by atoms with E-state index in [1.54, 1.807) is 9.80 Å². The summed E-state index contributed by atoms with van der Waals surface area (Å²) < 4.78 is 11.9. The Bertz CT molecular complexity index is 1330. The van der Waals surface area contributed by atoms with Gasteiger partial charge >= 0.3 is 0 Å². The van der Waals surface area contributed by atoms with Crippen LogP contribution in [0.3, 0.4) is 0 Å². The Kier molecular flexibility index (Phi) is 6.65. The Morgan fingerprint density at radius 2 is 1.86 bits per heavy atom. The van der Waals surface area contributed by atoms with Gasteiger partial charge in [0.2, 0.25) is 5.91 Å². The Labute approximate surface area is 218 Å². The number of H-pyrrole nitrogens is 1. The fourth-order valence-corrected chi connectivity index (χ4v) is 5.90. The standard InChI is InChI=1S/C30H37N3O4/c1-6-14-37-24-13-12-20(15-25(24)36-7-2)22-17-33-26(34)18-32(16-19(3)4)29(35)30(33,5)28-27(22)21-10-8-9-11-23(21)31-28/h8-13,15,19,22,31H,6-7,14,16-18H2,1-5H3/t22-,30+/m1/s1. The topological polar surface area (TPSA) is 74.9 Å². The highest BCUT2D eigenvalue weighted by atomic mass is 16.5. The van der Waals surface area contributed by atoms with Crippen LogP contribution in [0.2, 0.25) is 0 Å². The number of piperazine rings is 1. The number of fused-ring (bicyclic) bond motifs is 5. The molecule has 2 aliphatic heterocycles. The summed E-state index contributed by atoms with van der Waals surface area (Å²) in [5.41, 5.74) is 2.80. The maximum absolute atomic E-state index is 14.0. The average molecular weight is 504 g/mol. The summed E-state index contributed by atoms with van der Waals surface area (Å²) in [5, 5.41) is 1.08. The van der Waals surface area contributed by atoms with E-state index >= 15 is 0 Å². The number of nitrogens with one attached hydrogen (secondary N) is 1. The molecule has 3 heterocycles. The van der Waals surface area contributed by atoms with Crippen LogP contribution in [0.1, 0.15) is 63.8 Å². The van der Waals surface area contributed by atoms with Crippen molar-refractivity contribution in [3.8, 4) is 11.5 Å². The zero-order chi connectivity index (χ0) is 26.3. The lowest BCUT2D eigenvalue weighted by Crippen LogP contribution is -2.67. The molecule has 0 bridgehead atoms. The minimum absolute atomic E-state index is 0.0228. The maximum Gasteiger partial charge on any atom is 0.254 e. The summed E-state index contributed by atoms with van der Waals surface area (Å²) in [6.45, 7) is 12.3. The molecule has 196 valence electrons. The van der Waals surface area contributed by atoms with Crippen LogP contribution in [0.25, 0.3) is 10.9 Å². The van der Waals surface area contributed by atoms with E-state index in [1.807, 2.05) is 44.2 Å². The number of hydrogen-bond acceptors (Lipinski definition) is 4. The Morgan fingerprint density at radius 1 is 1.08 bits per heavy atom. The van der Waals surface area contributed by atoms with Gasteiger partial charge in [0.25, 0.3) is 5.91 Å². The summed E-state index contributed by atoms with van der Waals surface area (Å²) >= 11 is 0. The molecule has 37 heavy (non-hydrogen) atoms. The highest BCUT2D eigenvalue weighted by Crippen LogP contribution is 2.49. The zero-order valence-electron chi connectivity index (χ0n) is 22.5. The molecule has 2 aromatic carbocycles. The molecule has 3 aromatic rings. The largest absolute Gasteiger partial charge is 0.490 e. The number of hydrogen-bond donors (Lipinski definition) is 1. The van der Waals surface area contributed by atoms with Crippen LogP contribution in [-0.2, 0) is 15.1 Å². The lowest BCUT2D eigenvalue weighted by atomic mass is 9.76. The number of para-hydroxylation sites is 1. The monoisotopic (exact) mass is 503 g/mol. The summed E-state index contributed by atoms with van der Waals surface area (Å²) in [5.74, 6) is 1.53. The number of carbonyl (C=O) groups is 2. The third-order valence-electron chi connectivity index (χ3n) is 7.53. The normalized spacial score (nSPS) is 21.4. The Hall–Kier alpha value is -3.48. The predicted octanol–water partition coefficient (Wildman–Crippen LogP) is 5.04. The number of ether oxygens (including phenoxy) is 2. The van der Waals surface area contributed by atoms with Crippen LogP contribution < -0.4 is 9.47 Å². The Balaban J connectivity index is 1.67. The van der Waals surface area contributed by atoms with Gasteiger partial charge in [0.05, 0.1) is 25.5 Å². The molecule has 2 amide bonds. The minimum Gasteiger partial charge on any atom is -0.490 e. The van der Waals surface area contributed by atoms with Gasteiger partial charge in [-0.25, -0.2) is 0 Å². The van der Waals surface area contributed by atoms with Gasteiger partial charge in [0.15, 0.2) is 17.0 Å². The SMILES string of the molecule is CCCOc1ccc([C@H]2CN3C(=O)CN(CC(C)C)C(=O)[C@]3(C)c3[nH]c4ccccc4c32)cc1OCC. The number of carbonyl (C=O) groups excluding carboxylic acids is 2. The molecular weight excluding hydrogens is 466 g/mol. The molecule has 0 saturated carbocycles. The van der Waals surface area contributed by atoms with Crippen molar-refractivity contribution in [3.05, 3.63) is 59.3 Å². The van der Waals surface area contributed by atoms with Gasteiger partial charge in [0.1, 0.15) is 0 Å². The van der Waals surface area contributed by atoms with Gasteiger partial charge in [-0.3, -0.25) is 9.59 Å². The van der Waals surface area contributed by atoms with E-state index in [1.165, 1.54) is 0 Å². The average Bonchev–Trinajstić information content (AvgIpc) is 3.27.